The first-order chi connectivity index (χ1) is 8.28. The third kappa shape index (κ3) is 5.14. The number of hydrogen-bond donors (Lipinski definition) is 1. The number of nitrogens with zero attached hydrogens (tertiary/aromatic N) is 3. The second-order valence-corrected chi connectivity index (χ2v) is 5.10. The van der Waals surface area contributed by atoms with Gasteiger partial charge in [-0.25, -0.2) is 0 Å². The molecule has 0 spiro atoms. The summed E-state index contributed by atoms with van der Waals surface area (Å²) < 4.78 is 1.68. The highest BCUT2D eigenvalue weighted by molar-refractivity contribution is 5.91. The number of carbonyl (C=O) groups excluding carboxylic acids is 1. The number of aromatic nitrogens is 2. The van der Waals surface area contributed by atoms with Gasteiger partial charge in [-0.15, -0.1) is 0 Å². The molecule has 0 saturated carbocycles. The van der Waals surface area contributed by atoms with Crippen molar-refractivity contribution in [3.8, 4) is 0 Å². The van der Waals surface area contributed by atoms with E-state index >= 15 is 0 Å². The highest BCUT2D eigenvalue weighted by Crippen LogP contribution is 2.08. The zero-order valence-electron chi connectivity index (χ0n) is 11.4. The van der Waals surface area contributed by atoms with Crippen LogP contribution in [0.5, 0.6) is 0 Å². The number of amides is 1. The van der Waals surface area contributed by atoms with Crippen LogP contribution in [0, 0.1) is 0 Å². The zero-order chi connectivity index (χ0) is 13.8. The molecule has 5 nitrogen and oxygen atoms in total. The summed E-state index contributed by atoms with van der Waals surface area (Å²) >= 11 is 0. The van der Waals surface area contributed by atoms with Gasteiger partial charge in [0.25, 0.3) is 0 Å². The predicted octanol–water partition coefficient (Wildman–Crippen LogP) is 1.05. The highest BCUT2D eigenvalue weighted by Gasteiger charge is 2.14. The van der Waals surface area contributed by atoms with Crippen LogP contribution in [0.25, 0.3) is 6.08 Å². The number of carbonyl (C=O) groups is 1. The van der Waals surface area contributed by atoms with Crippen molar-refractivity contribution in [2.75, 3.05) is 13.6 Å². The van der Waals surface area contributed by atoms with Crippen molar-refractivity contribution < 1.29 is 9.90 Å². The van der Waals surface area contributed by atoms with Gasteiger partial charge >= 0.3 is 0 Å². The molecule has 18 heavy (non-hydrogen) atoms. The maximum atomic E-state index is 11.8. The van der Waals surface area contributed by atoms with Gasteiger partial charge in [-0.2, -0.15) is 5.10 Å². The molecule has 0 aromatic carbocycles. The van der Waals surface area contributed by atoms with Crippen LogP contribution < -0.4 is 0 Å². The summed E-state index contributed by atoms with van der Waals surface area (Å²) in [4.78, 5) is 13.4. The molecule has 0 bridgehead atoms. The van der Waals surface area contributed by atoms with Crippen molar-refractivity contribution in [3.63, 3.8) is 0 Å². The van der Waals surface area contributed by atoms with Crippen molar-refractivity contribution in [2.45, 2.75) is 25.9 Å². The van der Waals surface area contributed by atoms with E-state index in [1.54, 1.807) is 42.7 Å². The normalized spacial score (nSPS) is 12.1. The molecule has 1 aromatic rings. The maximum absolute atomic E-state index is 11.8. The first-order valence-electron chi connectivity index (χ1n) is 5.92. The number of aliphatic hydroxyl groups is 1. The number of hydrogen-bond acceptors (Lipinski definition) is 3. The molecular formula is C13H21N3O2. The molecule has 0 aliphatic carbocycles. The third-order valence-electron chi connectivity index (χ3n) is 2.58. The van der Waals surface area contributed by atoms with Gasteiger partial charge in [0, 0.05) is 38.5 Å². The van der Waals surface area contributed by atoms with Crippen LogP contribution in [0.2, 0.25) is 0 Å². The lowest BCUT2D eigenvalue weighted by molar-refractivity contribution is -0.125. The van der Waals surface area contributed by atoms with Crippen LogP contribution in [0.1, 0.15) is 25.8 Å². The molecule has 1 rings (SSSR count). The Hall–Kier alpha value is -1.62. The molecule has 5 heteroatoms. The van der Waals surface area contributed by atoms with E-state index in [4.69, 9.17) is 0 Å². The average Bonchev–Trinajstić information content (AvgIpc) is 2.67. The van der Waals surface area contributed by atoms with Gasteiger partial charge in [0.05, 0.1) is 11.8 Å². The monoisotopic (exact) mass is 251 g/mol. The Morgan fingerprint density at radius 1 is 1.61 bits per heavy atom. The molecular weight excluding hydrogens is 230 g/mol. The molecule has 0 atom stereocenters. The second-order valence-electron chi connectivity index (χ2n) is 5.10. The fraction of sp³-hybridized carbons (Fsp3) is 0.538. The van der Waals surface area contributed by atoms with Crippen molar-refractivity contribution in [2.24, 2.45) is 7.05 Å². The summed E-state index contributed by atoms with van der Waals surface area (Å²) in [6, 6.07) is 0. The molecule has 1 aromatic heterocycles. The first kappa shape index (κ1) is 14.4. The summed E-state index contributed by atoms with van der Waals surface area (Å²) in [5.74, 6) is -0.0805. The summed E-state index contributed by atoms with van der Waals surface area (Å²) in [6.07, 6.45) is 7.33. The Kier molecular flexibility index (Phi) is 4.67. The fourth-order valence-electron chi connectivity index (χ4n) is 1.37. The molecule has 0 fully saturated rings. The fourth-order valence-corrected chi connectivity index (χ4v) is 1.37. The summed E-state index contributed by atoms with van der Waals surface area (Å²) in [5, 5.41) is 13.6. The van der Waals surface area contributed by atoms with E-state index in [-0.39, 0.29) is 5.91 Å². The summed E-state index contributed by atoms with van der Waals surface area (Å²) in [6.45, 7) is 3.99. The van der Waals surface area contributed by atoms with Gasteiger partial charge in [-0.05, 0) is 26.3 Å². The van der Waals surface area contributed by atoms with E-state index in [2.05, 4.69) is 5.10 Å². The minimum absolute atomic E-state index is 0.0805. The quantitative estimate of drug-likeness (QED) is 0.796. The topological polar surface area (TPSA) is 58.4 Å². The number of rotatable bonds is 5. The molecule has 0 unspecified atom stereocenters. The molecule has 1 heterocycles. The van der Waals surface area contributed by atoms with Gasteiger partial charge in [-0.3, -0.25) is 9.48 Å². The Bertz CT molecular complexity index is 430. The van der Waals surface area contributed by atoms with E-state index < -0.39 is 5.60 Å². The van der Waals surface area contributed by atoms with Crippen molar-refractivity contribution in [1.29, 1.82) is 0 Å². The third-order valence-corrected chi connectivity index (χ3v) is 2.58. The van der Waals surface area contributed by atoms with Crippen LogP contribution >= 0.6 is 0 Å². The Morgan fingerprint density at radius 3 is 2.78 bits per heavy atom. The van der Waals surface area contributed by atoms with E-state index in [0.717, 1.165) is 5.56 Å². The zero-order valence-corrected chi connectivity index (χ0v) is 11.4. The number of aryl methyl sites for hydroxylation is 1. The van der Waals surface area contributed by atoms with E-state index in [0.29, 0.717) is 13.0 Å². The molecule has 1 amide bonds. The van der Waals surface area contributed by atoms with E-state index in [1.165, 1.54) is 6.08 Å². The number of likely N-dealkylation sites (N-methyl/N-ethyl adjacent to an activating group) is 1. The van der Waals surface area contributed by atoms with Crippen molar-refractivity contribution >= 4 is 12.0 Å². The van der Waals surface area contributed by atoms with E-state index in [1.807, 2.05) is 13.2 Å². The van der Waals surface area contributed by atoms with Gasteiger partial charge < -0.3 is 10.0 Å². The molecule has 0 aliphatic rings. The minimum Gasteiger partial charge on any atom is -0.390 e. The Balaban J connectivity index is 2.47. The summed E-state index contributed by atoms with van der Waals surface area (Å²) in [5.41, 5.74) is 0.142. The van der Waals surface area contributed by atoms with Crippen LogP contribution in [0.4, 0.5) is 0 Å². The van der Waals surface area contributed by atoms with Crippen LogP contribution in [-0.4, -0.2) is 44.9 Å². The smallest absolute Gasteiger partial charge is 0.246 e. The lowest BCUT2D eigenvalue weighted by Gasteiger charge is -2.21. The molecule has 1 N–H and O–H groups in total. The molecule has 0 radical (unpaired) electrons. The van der Waals surface area contributed by atoms with E-state index in [9.17, 15) is 9.90 Å². The highest BCUT2D eigenvalue weighted by atomic mass is 16.3. The first-order valence-corrected chi connectivity index (χ1v) is 5.92. The Morgan fingerprint density at radius 2 is 2.28 bits per heavy atom. The van der Waals surface area contributed by atoms with Crippen LogP contribution in [0.15, 0.2) is 18.5 Å². The van der Waals surface area contributed by atoms with Crippen molar-refractivity contribution in [3.05, 3.63) is 24.0 Å². The Labute approximate surface area is 108 Å². The average molecular weight is 251 g/mol. The van der Waals surface area contributed by atoms with Gasteiger partial charge in [-0.1, -0.05) is 0 Å². The van der Waals surface area contributed by atoms with Crippen LogP contribution in [0.3, 0.4) is 0 Å². The second kappa shape index (κ2) is 5.82. The molecule has 100 valence electrons. The molecule has 0 aliphatic heterocycles. The van der Waals surface area contributed by atoms with Gasteiger partial charge in [0.1, 0.15) is 0 Å². The predicted molar refractivity (Wildman–Crippen MR) is 70.8 cm³/mol. The largest absolute Gasteiger partial charge is 0.390 e. The standard InChI is InChI=1S/C13H21N3O2/c1-13(2,18)7-8-15(3)12(17)6-5-11-9-14-16(4)10-11/h5-6,9-10,18H,7-8H2,1-4H3. The SMILES string of the molecule is CN(CCC(C)(C)O)C(=O)C=Cc1cnn(C)c1. The van der Waals surface area contributed by atoms with Crippen molar-refractivity contribution in [1.82, 2.24) is 14.7 Å². The van der Waals surface area contributed by atoms with Crippen LogP contribution in [-0.2, 0) is 11.8 Å². The summed E-state index contributed by atoms with van der Waals surface area (Å²) in [7, 11) is 3.55. The van der Waals surface area contributed by atoms with Gasteiger partial charge in [0.15, 0.2) is 0 Å². The lowest BCUT2D eigenvalue weighted by atomic mass is 10.1. The minimum atomic E-state index is -0.748. The van der Waals surface area contributed by atoms with Gasteiger partial charge in [0.2, 0.25) is 5.91 Å². The molecule has 0 saturated heterocycles. The maximum Gasteiger partial charge on any atom is 0.246 e. The lowest BCUT2D eigenvalue weighted by Crippen LogP contribution is -2.31.